The number of hydrogen-bond donors (Lipinski definition) is 1. The highest BCUT2D eigenvalue weighted by molar-refractivity contribution is 14.0. The molecule has 0 radical (unpaired) electrons. The topological polar surface area (TPSA) is 46.1 Å². The first kappa shape index (κ1) is 20.3. The Kier molecular flexibility index (Phi) is 8.81. The van der Waals surface area contributed by atoms with E-state index in [1.807, 2.05) is 18.8 Å². The Bertz CT molecular complexity index is 363. The molecule has 5 nitrogen and oxygen atoms in total. The van der Waals surface area contributed by atoms with Gasteiger partial charge in [0.05, 0.1) is 12.7 Å². The fraction of sp³-hybridized carbons (Fsp3) is 0.933. The van der Waals surface area contributed by atoms with Crippen LogP contribution in [0.3, 0.4) is 0 Å². The molecule has 0 saturated carbocycles. The van der Waals surface area contributed by atoms with Gasteiger partial charge in [-0.2, -0.15) is 11.8 Å². The summed E-state index contributed by atoms with van der Waals surface area (Å²) in [6.45, 7) is 8.77. The lowest BCUT2D eigenvalue weighted by Crippen LogP contribution is -2.54. The lowest BCUT2D eigenvalue weighted by Gasteiger charge is -2.37. The van der Waals surface area contributed by atoms with E-state index in [0.29, 0.717) is 0 Å². The zero-order chi connectivity index (χ0) is 15.3. The van der Waals surface area contributed by atoms with Gasteiger partial charge in [0, 0.05) is 38.0 Å². The lowest BCUT2D eigenvalue weighted by atomic mass is 10.1. The number of hydrogen-bond acceptors (Lipinski definition) is 4. The Morgan fingerprint density at radius 1 is 1.32 bits per heavy atom. The van der Waals surface area contributed by atoms with Gasteiger partial charge in [0.2, 0.25) is 0 Å². The molecule has 0 amide bonds. The highest BCUT2D eigenvalue weighted by Gasteiger charge is 2.32. The molecule has 2 heterocycles. The molecule has 2 saturated heterocycles. The summed E-state index contributed by atoms with van der Waals surface area (Å²) >= 11 is 1.87. The first-order valence-corrected chi connectivity index (χ1v) is 9.02. The van der Waals surface area contributed by atoms with Gasteiger partial charge in [-0.15, -0.1) is 24.0 Å². The van der Waals surface area contributed by atoms with Crippen LogP contribution in [0.4, 0.5) is 0 Å². The summed E-state index contributed by atoms with van der Waals surface area (Å²) in [6.07, 6.45) is 4.85. The van der Waals surface area contributed by atoms with Crippen LogP contribution in [0.15, 0.2) is 4.99 Å². The number of nitrogens with one attached hydrogen (secondary N) is 1. The van der Waals surface area contributed by atoms with Gasteiger partial charge in [0.15, 0.2) is 5.96 Å². The van der Waals surface area contributed by atoms with Crippen LogP contribution in [0, 0.1) is 0 Å². The third-order valence-corrected chi connectivity index (χ3v) is 5.46. The highest BCUT2D eigenvalue weighted by Crippen LogP contribution is 2.22. The van der Waals surface area contributed by atoms with Crippen molar-refractivity contribution in [2.75, 3.05) is 46.2 Å². The molecule has 2 rings (SSSR count). The zero-order valence-corrected chi connectivity index (χ0v) is 17.3. The van der Waals surface area contributed by atoms with E-state index in [2.05, 4.69) is 35.3 Å². The molecule has 2 aliphatic heterocycles. The molecule has 0 spiro atoms. The fourth-order valence-electron chi connectivity index (χ4n) is 2.68. The Labute approximate surface area is 156 Å². The third kappa shape index (κ3) is 5.72. The monoisotopic (exact) mass is 443 g/mol. The second-order valence-electron chi connectivity index (χ2n) is 6.27. The van der Waals surface area contributed by atoms with E-state index in [-0.39, 0.29) is 40.9 Å². The van der Waals surface area contributed by atoms with Crippen molar-refractivity contribution in [2.45, 2.75) is 43.6 Å². The van der Waals surface area contributed by atoms with E-state index in [9.17, 15) is 0 Å². The van der Waals surface area contributed by atoms with Crippen LogP contribution in [-0.2, 0) is 9.47 Å². The Morgan fingerprint density at radius 3 is 2.64 bits per heavy atom. The summed E-state index contributed by atoms with van der Waals surface area (Å²) in [4.78, 5) is 6.73. The van der Waals surface area contributed by atoms with Crippen molar-refractivity contribution in [3.63, 3.8) is 0 Å². The number of morpholine rings is 1. The number of aliphatic imine (C=N–C) groups is 1. The number of thioether (sulfide) groups is 1. The first-order valence-electron chi connectivity index (χ1n) is 7.79. The van der Waals surface area contributed by atoms with E-state index in [1.165, 1.54) is 0 Å². The summed E-state index contributed by atoms with van der Waals surface area (Å²) in [5.74, 6) is 0.975. The quantitative estimate of drug-likeness (QED) is 0.410. The van der Waals surface area contributed by atoms with E-state index in [1.54, 1.807) is 0 Å². The number of nitrogens with zero attached hydrogens (tertiary/aromatic N) is 2. The standard InChI is InChI=1S/C15H29N3O2S.HI/c1-15(2,21-4)11-17-14(16-3)18-7-9-20-13(10-18)12-6-5-8-19-12;/h12-13H,5-11H2,1-4H3,(H,16,17);1H. The van der Waals surface area contributed by atoms with Gasteiger partial charge in [-0.3, -0.25) is 4.99 Å². The smallest absolute Gasteiger partial charge is 0.193 e. The van der Waals surface area contributed by atoms with Crippen LogP contribution in [-0.4, -0.2) is 74.0 Å². The van der Waals surface area contributed by atoms with Gasteiger partial charge in [0.25, 0.3) is 0 Å². The largest absolute Gasteiger partial charge is 0.375 e. The summed E-state index contributed by atoms with van der Waals surface area (Å²) in [7, 11) is 1.85. The number of ether oxygens (including phenoxy) is 2. The van der Waals surface area contributed by atoms with Crippen LogP contribution in [0.25, 0.3) is 0 Å². The van der Waals surface area contributed by atoms with E-state index in [4.69, 9.17) is 9.47 Å². The molecule has 0 bridgehead atoms. The van der Waals surface area contributed by atoms with Crippen molar-refractivity contribution in [2.24, 2.45) is 4.99 Å². The average molecular weight is 443 g/mol. The van der Waals surface area contributed by atoms with E-state index in [0.717, 1.165) is 51.6 Å². The number of halogens is 1. The van der Waals surface area contributed by atoms with Crippen molar-refractivity contribution in [1.82, 2.24) is 10.2 Å². The molecule has 22 heavy (non-hydrogen) atoms. The minimum atomic E-state index is 0. The molecule has 2 fully saturated rings. The molecule has 2 unspecified atom stereocenters. The maximum absolute atomic E-state index is 5.90. The van der Waals surface area contributed by atoms with Crippen molar-refractivity contribution in [1.29, 1.82) is 0 Å². The molecule has 0 aromatic heterocycles. The molecule has 0 aromatic carbocycles. The predicted octanol–water partition coefficient (Wildman–Crippen LogP) is 2.20. The SMILES string of the molecule is CN=C(NCC(C)(C)SC)N1CCOC(C2CCCO2)C1.I. The molecule has 1 N–H and O–H groups in total. The molecule has 2 aliphatic rings. The van der Waals surface area contributed by atoms with Gasteiger partial charge < -0.3 is 19.7 Å². The molecule has 2 atom stereocenters. The minimum Gasteiger partial charge on any atom is -0.375 e. The molecule has 130 valence electrons. The Morgan fingerprint density at radius 2 is 2.05 bits per heavy atom. The Balaban J connectivity index is 0.00000242. The fourth-order valence-corrected chi connectivity index (χ4v) is 2.90. The maximum atomic E-state index is 5.90. The molecular formula is C15H30IN3O2S. The molecule has 7 heteroatoms. The molecular weight excluding hydrogens is 413 g/mol. The average Bonchev–Trinajstić information content (AvgIpc) is 3.02. The van der Waals surface area contributed by atoms with Crippen LogP contribution >= 0.6 is 35.7 Å². The Hall–Kier alpha value is 0.270. The number of rotatable bonds is 4. The maximum Gasteiger partial charge on any atom is 0.193 e. The van der Waals surface area contributed by atoms with Gasteiger partial charge in [-0.25, -0.2) is 0 Å². The third-order valence-electron chi connectivity index (χ3n) is 4.21. The summed E-state index contributed by atoms with van der Waals surface area (Å²) in [6, 6.07) is 0. The van der Waals surface area contributed by atoms with Gasteiger partial charge in [-0.1, -0.05) is 0 Å². The zero-order valence-electron chi connectivity index (χ0n) is 14.1. The van der Waals surface area contributed by atoms with Crippen LogP contribution < -0.4 is 5.32 Å². The molecule has 0 aliphatic carbocycles. The van der Waals surface area contributed by atoms with Crippen molar-refractivity contribution < 1.29 is 9.47 Å². The summed E-state index contributed by atoms with van der Waals surface area (Å²) in [5.41, 5.74) is 0. The van der Waals surface area contributed by atoms with E-state index < -0.39 is 0 Å². The second kappa shape index (κ2) is 9.54. The first-order chi connectivity index (χ1) is 10.1. The van der Waals surface area contributed by atoms with Crippen molar-refractivity contribution in [3.8, 4) is 0 Å². The van der Waals surface area contributed by atoms with Gasteiger partial charge in [0.1, 0.15) is 6.10 Å². The second-order valence-corrected chi connectivity index (χ2v) is 7.78. The molecule has 0 aromatic rings. The van der Waals surface area contributed by atoms with Crippen molar-refractivity contribution in [3.05, 3.63) is 0 Å². The summed E-state index contributed by atoms with van der Waals surface area (Å²) < 4.78 is 11.9. The van der Waals surface area contributed by atoms with Gasteiger partial charge in [-0.05, 0) is 32.9 Å². The normalized spacial score (nSPS) is 26.7. The lowest BCUT2D eigenvalue weighted by molar-refractivity contribution is -0.0817. The van der Waals surface area contributed by atoms with Crippen LogP contribution in [0.1, 0.15) is 26.7 Å². The predicted molar refractivity (Wildman–Crippen MR) is 105 cm³/mol. The highest BCUT2D eigenvalue weighted by atomic mass is 127. The van der Waals surface area contributed by atoms with Gasteiger partial charge >= 0.3 is 0 Å². The summed E-state index contributed by atoms with van der Waals surface area (Å²) in [5, 5.41) is 3.50. The number of guanidine groups is 1. The van der Waals surface area contributed by atoms with E-state index >= 15 is 0 Å². The van der Waals surface area contributed by atoms with Crippen LogP contribution in [0.2, 0.25) is 0 Å². The minimum absolute atomic E-state index is 0. The van der Waals surface area contributed by atoms with Crippen molar-refractivity contribution >= 4 is 41.7 Å². The van der Waals surface area contributed by atoms with Crippen LogP contribution in [0.5, 0.6) is 0 Å².